The zero-order chi connectivity index (χ0) is 20.6. The molecule has 4 heterocycles. The van der Waals surface area contributed by atoms with Crippen LogP contribution in [0.2, 0.25) is 0 Å². The van der Waals surface area contributed by atoms with Crippen molar-refractivity contribution >= 4 is 32.8 Å². The molecule has 4 rings (SSSR count). The zero-order valence-corrected chi connectivity index (χ0v) is 17.0. The summed E-state index contributed by atoms with van der Waals surface area (Å²) < 4.78 is 27.9. The van der Waals surface area contributed by atoms with E-state index < -0.39 is 10.0 Å². The Morgan fingerprint density at radius 2 is 1.90 bits per heavy atom. The fourth-order valence-electron chi connectivity index (χ4n) is 3.38. The van der Waals surface area contributed by atoms with Gasteiger partial charge < -0.3 is 15.2 Å². The summed E-state index contributed by atoms with van der Waals surface area (Å²) in [5.41, 5.74) is 2.03. The molecule has 1 aliphatic rings. The number of carbonyl (C=O) groups is 1. The van der Waals surface area contributed by atoms with Crippen molar-refractivity contribution in [1.29, 1.82) is 0 Å². The smallest absolute Gasteiger partial charge is 0.245 e. The van der Waals surface area contributed by atoms with Crippen LogP contribution in [0.15, 0.2) is 41.7 Å². The van der Waals surface area contributed by atoms with Crippen LogP contribution in [-0.4, -0.2) is 71.7 Å². The summed E-state index contributed by atoms with van der Waals surface area (Å²) in [6.07, 6.45) is 4.76. The van der Waals surface area contributed by atoms with Gasteiger partial charge in [0.05, 0.1) is 0 Å². The third-order valence-corrected chi connectivity index (χ3v) is 6.91. The van der Waals surface area contributed by atoms with Crippen molar-refractivity contribution in [3.63, 3.8) is 0 Å². The van der Waals surface area contributed by atoms with Crippen molar-refractivity contribution in [2.75, 3.05) is 38.5 Å². The number of aromatic amines is 1. The van der Waals surface area contributed by atoms with Gasteiger partial charge in [-0.3, -0.25) is 4.79 Å². The minimum atomic E-state index is -3.63. The van der Waals surface area contributed by atoms with Crippen LogP contribution in [0.1, 0.15) is 6.92 Å². The number of nitrogens with one attached hydrogen (secondary N) is 2. The molecule has 0 spiro atoms. The van der Waals surface area contributed by atoms with Crippen LogP contribution < -0.4 is 5.32 Å². The van der Waals surface area contributed by atoms with Crippen LogP contribution in [0.4, 0.5) is 5.82 Å². The van der Waals surface area contributed by atoms with Gasteiger partial charge in [-0.25, -0.2) is 18.4 Å². The topological polar surface area (TPSA) is 111 Å². The van der Waals surface area contributed by atoms with E-state index >= 15 is 0 Å². The number of piperazine rings is 1. The Kier molecular flexibility index (Phi) is 5.07. The first-order chi connectivity index (χ1) is 13.8. The van der Waals surface area contributed by atoms with Gasteiger partial charge in [0.15, 0.2) is 0 Å². The van der Waals surface area contributed by atoms with Crippen LogP contribution >= 0.6 is 0 Å². The minimum Gasteiger partial charge on any atom is -0.345 e. The van der Waals surface area contributed by atoms with Gasteiger partial charge in [0, 0.05) is 62.6 Å². The van der Waals surface area contributed by atoms with Gasteiger partial charge in [-0.1, -0.05) is 0 Å². The van der Waals surface area contributed by atoms with E-state index in [-0.39, 0.29) is 10.8 Å². The molecule has 2 N–H and O–H groups in total. The van der Waals surface area contributed by atoms with Crippen molar-refractivity contribution in [1.82, 2.24) is 24.2 Å². The lowest BCUT2D eigenvalue weighted by Gasteiger charge is -2.31. The highest BCUT2D eigenvalue weighted by Crippen LogP contribution is 2.29. The molecule has 152 valence electrons. The van der Waals surface area contributed by atoms with E-state index in [0.717, 1.165) is 11.1 Å². The van der Waals surface area contributed by atoms with Crippen molar-refractivity contribution in [2.45, 2.75) is 11.8 Å². The van der Waals surface area contributed by atoms with Gasteiger partial charge in [-0.2, -0.15) is 4.31 Å². The number of aromatic nitrogens is 3. The molecule has 3 aromatic heterocycles. The molecule has 1 amide bonds. The van der Waals surface area contributed by atoms with Gasteiger partial charge in [-0.05, 0) is 30.8 Å². The molecule has 0 bridgehead atoms. The van der Waals surface area contributed by atoms with Crippen molar-refractivity contribution < 1.29 is 13.2 Å². The highest BCUT2D eigenvalue weighted by atomic mass is 32.2. The van der Waals surface area contributed by atoms with Gasteiger partial charge in [-0.15, -0.1) is 0 Å². The zero-order valence-electron chi connectivity index (χ0n) is 16.2. The van der Waals surface area contributed by atoms with Gasteiger partial charge in [0.25, 0.3) is 0 Å². The molecule has 0 unspecified atom stereocenters. The van der Waals surface area contributed by atoms with Crippen LogP contribution in [0.5, 0.6) is 0 Å². The summed E-state index contributed by atoms with van der Waals surface area (Å²) in [4.78, 5) is 25.1. The molecule has 10 heteroatoms. The summed E-state index contributed by atoms with van der Waals surface area (Å²) in [7, 11) is -1.64. The monoisotopic (exact) mass is 414 g/mol. The minimum absolute atomic E-state index is 0.214. The number of hydrogen-bond donors (Lipinski definition) is 2. The Morgan fingerprint density at radius 1 is 1.14 bits per heavy atom. The van der Waals surface area contributed by atoms with Crippen LogP contribution in [0, 0.1) is 0 Å². The molecule has 0 radical (unpaired) electrons. The number of amides is 1. The Balaban J connectivity index is 1.73. The van der Waals surface area contributed by atoms with Crippen molar-refractivity contribution in [2.24, 2.45) is 0 Å². The highest BCUT2D eigenvalue weighted by Gasteiger charge is 2.30. The average molecular weight is 414 g/mol. The molecule has 1 aliphatic heterocycles. The van der Waals surface area contributed by atoms with E-state index in [9.17, 15) is 13.2 Å². The van der Waals surface area contributed by atoms with Crippen molar-refractivity contribution in [3.8, 4) is 11.1 Å². The lowest BCUT2D eigenvalue weighted by atomic mass is 10.1. The Morgan fingerprint density at radius 3 is 2.62 bits per heavy atom. The number of carbonyl (C=O) groups excluding carboxylic acids is 1. The fraction of sp³-hybridized carbons (Fsp3) is 0.316. The summed E-state index contributed by atoms with van der Waals surface area (Å²) in [5.74, 6) is 0.212. The average Bonchev–Trinajstić information content (AvgIpc) is 3.12. The summed E-state index contributed by atoms with van der Waals surface area (Å²) in [5, 5.41) is 3.19. The van der Waals surface area contributed by atoms with E-state index in [1.54, 1.807) is 30.6 Å². The quantitative estimate of drug-likeness (QED) is 0.670. The molecular formula is C19H22N6O3S. The second kappa shape index (κ2) is 7.54. The third-order valence-electron chi connectivity index (χ3n) is 4.97. The molecule has 1 fully saturated rings. The highest BCUT2D eigenvalue weighted by molar-refractivity contribution is 7.89. The fourth-order valence-corrected chi connectivity index (χ4v) is 4.94. The summed E-state index contributed by atoms with van der Waals surface area (Å²) in [6.45, 7) is 3.74. The molecule has 0 saturated carbocycles. The Bertz CT molecular complexity index is 1170. The number of fused-ring (bicyclic) bond motifs is 1. The van der Waals surface area contributed by atoms with E-state index in [2.05, 4.69) is 25.2 Å². The van der Waals surface area contributed by atoms with E-state index in [1.807, 2.05) is 7.05 Å². The maximum Gasteiger partial charge on any atom is 0.245 e. The number of rotatable bonds is 4. The van der Waals surface area contributed by atoms with Crippen LogP contribution in [-0.2, 0) is 14.8 Å². The molecule has 0 aromatic carbocycles. The Hall–Kier alpha value is -2.82. The number of likely N-dealkylation sites (N-methyl/N-ethyl adjacent to an activating group) is 1. The van der Waals surface area contributed by atoms with E-state index in [1.165, 1.54) is 17.4 Å². The molecule has 1 saturated heterocycles. The first-order valence-corrected chi connectivity index (χ1v) is 10.7. The third kappa shape index (κ3) is 3.86. The SMILES string of the molecule is CC(=O)Nc1cc(-c2cnc3[nH]cc(S(=O)(=O)N4CCN(C)CC4)c3c2)ccn1. The van der Waals surface area contributed by atoms with Gasteiger partial charge in [0.2, 0.25) is 15.9 Å². The predicted molar refractivity (Wildman–Crippen MR) is 110 cm³/mol. The first-order valence-electron chi connectivity index (χ1n) is 9.24. The lowest BCUT2D eigenvalue weighted by Crippen LogP contribution is -2.46. The standard InChI is InChI=1S/C19H22N6O3S/c1-13(26)23-18-10-14(3-4-20-18)15-9-16-17(12-22-19(16)21-11-15)29(27,28)25-7-5-24(2)6-8-25/h3-4,9-12H,5-8H2,1-2H3,(H,21,22)(H,20,23,26). The molecule has 3 aromatic rings. The Labute approximate surface area is 168 Å². The number of nitrogens with zero attached hydrogens (tertiary/aromatic N) is 4. The molecule has 0 aliphatic carbocycles. The van der Waals surface area contributed by atoms with Crippen LogP contribution in [0.25, 0.3) is 22.2 Å². The van der Waals surface area contributed by atoms with Gasteiger partial charge in [0.1, 0.15) is 16.4 Å². The normalized spacial score (nSPS) is 16.2. The molecule has 29 heavy (non-hydrogen) atoms. The molecular weight excluding hydrogens is 392 g/mol. The lowest BCUT2D eigenvalue weighted by molar-refractivity contribution is -0.114. The maximum atomic E-state index is 13.2. The summed E-state index contributed by atoms with van der Waals surface area (Å²) in [6, 6.07) is 5.32. The second-order valence-electron chi connectivity index (χ2n) is 7.09. The number of sulfonamides is 1. The number of anilines is 1. The maximum absolute atomic E-state index is 13.2. The predicted octanol–water partition coefficient (Wildman–Crippen LogP) is 1.52. The number of H-pyrrole nitrogens is 1. The van der Waals surface area contributed by atoms with E-state index in [4.69, 9.17) is 0 Å². The largest absolute Gasteiger partial charge is 0.345 e. The van der Waals surface area contributed by atoms with E-state index in [0.29, 0.717) is 43.0 Å². The molecule has 0 atom stereocenters. The number of pyridine rings is 2. The van der Waals surface area contributed by atoms with Gasteiger partial charge >= 0.3 is 0 Å². The second-order valence-corrected chi connectivity index (χ2v) is 9.00. The summed E-state index contributed by atoms with van der Waals surface area (Å²) >= 11 is 0. The van der Waals surface area contributed by atoms with Crippen LogP contribution in [0.3, 0.4) is 0 Å². The number of hydrogen-bond acceptors (Lipinski definition) is 6. The first kappa shape index (κ1) is 19.5. The molecule has 9 nitrogen and oxygen atoms in total. The van der Waals surface area contributed by atoms with Crippen molar-refractivity contribution in [3.05, 3.63) is 36.8 Å².